The van der Waals surface area contributed by atoms with Crippen molar-refractivity contribution < 1.29 is 8.78 Å². The summed E-state index contributed by atoms with van der Waals surface area (Å²) in [5.41, 5.74) is 5.84. The van der Waals surface area contributed by atoms with E-state index in [4.69, 9.17) is 0 Å². The molecule has 40 heavy (non-hydrogen) atoms. The molecule has 0 unspecified atom stereocenters. The van der Waals surface area contributed by atoms with Crippen LogP contribution in [0.4, 0.5) is 20.2 Å². The second kappa shape index (κ2) is 11.1. The van der Waals surface area contributed by atoms with E-state index in [0.29, 0.717) is 39.5 Å². The number of aromatic amines is 1. The van der Waals surface area contributed by atoms with Gasteiger partial charge in [0.25, 0.3) is 0 Å². The van der Waals surface area contributed by atoms with E-state index in [1.165, 1.54) is 6.07 Å². The molecule has 0 saturated heterocycles. The smallest absolute Gasteiger partial charge is 0.142 e. The Morgan fingerprint density at radius 2 is 1.77 bits per heavy atom. The van der Waals surface area contributed by atoms with Crippen LogP contribution >= 0.6 is 0 Å². The third-order valence-corrected chi connectivity index (χ3v) is 7.10. The molecule has 0 bridgehead atoms. The largest absolute Gasteiger partial charge is 0.358 e. The van der Waals surface area contributed by atoms with Gasteiger partial charge in [-0.25, -0.2) is 8.78 Å². The Labute approximate surface area is 232 Å². The highest BCUT2D eigenvalue weighted by atomic mass is 19.1. The average molecular weight is 536 g/mol. The molecule has 2 heterocycles. The molecule has 1 aliphatic rings. The minimum Gasteiger partial charge on any atom is -0.358 e. The minimum absolute atomic E-state index is 0.171. The van der Waals surface area contributed by atoms with E-state index >= 15 is 4.39 Å². The number of aromatic nitrogens is 3. The standard InChI is InChI=1S/C33H31F2N5/c1-6-29-31(32(35)19(2)24-16-25(18-36-17-24)37-21(4)23-14-15-23)33(40-39-29)22(5)38-30-13-9-11-26(20(30)3)27-10-7-8-12-28(27)34/h6-13,16-18,23,37-39H,2,4-5,14-15H2,1,3H3/b29-6+,32-31-. The summed E-state index contributed by atoms with van der Waals surface area (Å²) in [5.74, 6) is -0.377. The zero-order valence-electron chi connectivity index (χ0n) is 22.6. The molecule has 3 N–H and O–H groups in total. The summed E-state index contributed by atoms with van der Waals surface area (Å²) in [6, 6.07) is 14.0. The second-order valence-electron chi connectivity index (χ2n) is 9.89. The van der Waals surface area contributed by atoms with Crippen molar-refractivity contribution in [3.05, 3.63) is 120 Å². The van der Waals surface area contributed by atoms with Gasteiger partial charge in [-0.1, -0.05) is 56.1 Å². The van der Waals surface area contributed by atoms with Crippen molar-refractivity contribution in [2.75, 3.05) is 10.6 Å². The number of halogens is 2. The van der Waals surface area contributed by atoms with Crippen LogP contribution in [0.2, 0.25) is 0 Å². The molecule has 202 valence electrons. The van der Waals surface area contributed by atoms with Gasteiger partial charge in [0.15, 0.2) is 0 Å². The zero-order valence-corrected chi connectivity index (χ0v) is 22.6. The Morgan fingerprint density at radius 1 is 1.02 bits per heavy atom. The molecule has 0 radical (unpaired) electrons. The number of pyridine rings is 1. The number of allylic oxidation sites excluding steroid dienone is 2. The highest BCUT2D eigenvalue weighted by Gasteiger charge is 2.25. The summed E-state index contributed by atoms with van der Waals surface area (Å²) in [7, 11) is 0. The van der Waals surface area contributed by atoms with Crippen LogP contribution in [0, 0.1) is 18.7 Å². The van der Waals surface area contributed by atoms with E-state index in [1.54, 1.807) is 43.6 Å². The van der Waals surface area contributed by atoms with Crippen LogP contribution in [0.3, 0.4) is 0 Å². The van der Waals surface area contributed by atoms with Crippen LogP contribution in [0.15, 0.2) is 86.4 Å². The number of rotatable bonds is 9. The van der Waals surface area contributed by atoms with Crippen molar-refractivity contribution in [3.8, 4) is 11.1 Å². The summed E-state index contributed by atoms with van der Waals surface area (Å²) >= 11 is 0. The van der Waals surface area contributed by atoms with Crippen LogP contribution in [0.25, 0.3) is 34.3 Å². The van der Waals surface area contributed by atoms with Gasteiger partial charge in [0.2, 0.25) is 0 Å². The van der Waals surface area contributed by atoms with Crippen LogP contribution in [-0.4, -0.2) is 15.2 Å². The Kier molecular flexibility index (Phi) is 7.47. The number of benzene rings is 2. The van der Waals surface area contributed by atoms with Gasteiger partial charge in [0.05, 0.1) is 28.1 Å². The molecule has 0 aliphatic heterocycles. The van der Waals surface area contributed by atoms with Gasteiger partial charge in [-0.3, -0.25) is 10.1 Å². The summed E-state index contributed by atoms with van der Waals surface area (Å²) in [4.78, 5) is 4.27. The van der Waals surface area contributed by atoms with Gasteiger partial charge in [-0.05, 0) is 61.9 Å². The maximum atomic E-state index is 16.2. The summed E-state index contributed by atoms with van der Waals surface area (Å²) in [5, 5.41) is 14.5. The van der Waals surface area contributed by atoms with Crippen molar-refractivity contribution in [1.82, 2.24) is 15.2 Å². The highest BCUT2D eigenvalue weighted by molar-refractivity contribution is 5.94. The van der Waals surface area contributed by atoms with Crippen LogP contribution < -0.4 is 21.2 Å². The first-order chi connectivity index (χ1) is 19.3. The Hall–Kier alpha value is -4.78. The Bertz CT molecular complexity index is 1760. The van der Waals surface area contributed by atoms with E-state index in [9.17, 15) is 4.39 Å². The lowest BCUT2D eigenvalue weighted by Crippen LogP contribution is -2.27. The molecule has 5 rings (SSSR count). The van der Waals surface area contributed by atoms with E-state index in [0.717, 1.165) is 35.4 Å². The summed E-state index contributed by atoms with van der Waals surface area (Å²) < 4.78 is 30.7. The maximum Gasteiger partial charge on any atom is 0.142 e. The predicted molar refractivity (Wildman–Crippen MR) is 160 cm³/mol. The summed E-state index contributed by atoms with van der Waals surface area (Å²) in [6.45, 7) is 16.0. The molecule has 0 spiro atoms. The molecule has 5 nitrogen and oxygen atoms in total. The molecular weight excluding hydrogens is 504 g/mol. The van der Waals surface area contributed by atoms with Crippen molar-refractivity contribution in [2.45, 2.75) is 26.7 Å². The molecule has 2 aromatic carbocycles. The van der Waals surface area contributed by atoms with Crippen molar-refractivity contribution in [2.24, 2.45) is 5.92 Å². The monoisotopic (exact) mass is 535 g/mol. The fourth-order valence-corrected chi connectivity index (χ4v) is 4.64. The Balaban J connectivity index is 1.48. The maximum absolute atomic E-state index is 16.2. The fourth-order valence-electron chi connectivity index (χ4n) is 4.64. The quantitative estimate of drug-likeness (QED) is 0.217. The van der Waals surface area contributed by atoms with Crippen molar-refractivity contribution >= 4 is 34.5 Å². The predicted octanol–water partition coefficient (Wildman–Crippen LogP) is 6.93. The lowest BCUT2D eigenvalue weighted by atomic mass is 9.98. The highest BCUT2D eigenvalue weighted by Crippen LogP contribution is 2.36. The number of nitrogens with zero attached hydrogens (tertiary/aromatic N) is 2. The van der Waals surface area contributed by atoms with Gasteiger partial charge in [0, 0.05) is 34.3 Å². The van der Waals surface area contributed by atoms with E-state index in [1.807, 2.05) is 31.2 Å². The van der Waals surface area contributed by atoms with Crippen molar-refractivity contribution in [1.29, 1.82) is 0 Å². The molecule has 0 amide bonds. The molecule has 1 aliphatic carbocycles. The SMILES string of the molecule is C=C(/C(F)=c1/c(C(=C)Nc2cccc(-c3ccccc3F)c2C)n[nH]/c1=C/C)c1cncc(NC(=C)C2CC2)c1. The fraction of sp³-hybridized carbons (Fsp3) is 0.152. The number of nitrogens with one attached hydrogen (secondary N) is 3. The molecule has 2 aromatic heterocycles. The van der Waals surface area contributed by atoms with E-state index in [2.05, 4.69) is 45.6 Å². The van der Waals surface area contributed by atoms with Gasteiger partial charge in [-0.15, -0.1) is 0 Å². The van der Waals surface area contributed by atoms with Gasteiger partial charge in [0.1, 0.15) is 17.3 Å². The van der Waals surface area contributed by atoms with Crippen LogP contribution in [0.5, 0.6) is 0 Å². The Morgan fingerprint density at radius 3 is 2.50 bits per heavy atom. The average Bonchev–Trinajstić information content (AvgIpc) is 3.72. The van der Waals surface area contributed by atoms with Gasteiger partial charge < -0.3 is 10.6 Å². The van der Waals surface area contributed by atoms with Gasteiger partial charge in [-0.2, -0.15) is 5.10 Å². The number of H-pyrrole nitrogens is 1. The third kappa shape index (κ3) is 5.36. The topological polar surface area (TPSA) is 65.6 Å². The molecule has 1 saturated carbocycles. The first kappa shape index (κ1) is 26.8. The molecule has 0 atom stereocenters. The van der Waals surface area contributed by atoms with Crippen molar-refractivity contribution in [3.63, 3.8) is 0 Å². The molecular formula is C33H31F2N5. The van der Waals surface area contributed by atoms with Crippen LogP contribution in [-0.2, 0) is 0 Å². The lowest BCUT2D eigenvalue weighted by molar-refractivity contribution is 0.631. The van der Waals surface area contributed by atoms with Crippen LogP contribution in [0.1, 0.15) is 36.6 Å². The number of hydrogen-bond acceptors (Lipinski definition) is 4. The second-order valence-corrected chi connectivity index (χ2v) is 9.89. The number of hydrogen-bond donors (Lipinski definition) is 3. The number of anilines is 2. The van der Waals surface area contributed by atoms with E-state index in [-0.39, 0.29) is 16.6 Å². The molecule has 4 aromatic rings. The normalized spacial score (nSPS) is 14.1. The first-order valence-electron chi connectivity index (χ1n) is 13.1. The minimum atomic E-state index is -0.545. The lowest BCUT2D eigenvalue weighted by Gasteiger charge is -2.15. The zero-order chi connectivity index (χ0) is 28.4. The first-order valence-corrected chi connectivity index (χ1v) is 13.1. The molecule has 7 heteroatoms. The van der Waals surface area contributed by atoms with E-state index < -0.39 is 5.83 Å². The summed E-state index contributed by atoms with van der Waals surface area (Å²) in [6.07, 6.45) is 7.25. The van der Waals surface area contributed by atoms with Gasteiger partial charge >= 0.3 is 0 Å². The molecule has 1 fully saturated rings. The third-order valence-electron chi connectivity index (χ3n) is 7.10.